The minimum absolute atomic E-state index is 0.00277. The van der Waals surface area contributed by atoms with E-state index in [0.29, 0.717) is 0 Å². The molecule has 6 aliphatic rings. The van der Waals surface area contributed by atoms with Crippen LogP contribution in [0.5, 0.6) is 0 Å². The highest BCUT2D eigenvalue weighted by Crippen LogP contribution is 2.63. The summed E-state index contributed by atoms with van der Waals surface area (Å²) < 4.78 is 2.82. The molecule has 13 rings (SSSR count). The van der Waals surface area contributed by atoms with Crippen molar-refractivity contribution in [2.45, 2.75) is 219 Å². The Balaban J connectivity index is 1.21. The van der Waals surface area contributed by atoms with Crippen molar-refractivity contribution in [2.24, 2.45) is 0 Å². The lowest BCUT2D eigenvalue weighted by atomic mass is 9.35. The van der Waals surface area contributed by atoms with Crippen molar-refractivity contribution in [2.75, 3.05) is 14.7 Å². The summed E-state index contributed by atoms with van der Waals surface area (Å²) >= 11 is 2.05. The van der Waals surface area contributed by atoms with E-state index in [1.165, 1.54) is 161 Å². The molecule has 0 amide bonds. The molecule has 3 nitrogen and oxygen atoms in total. The molecule has 77 heavy (non-hydrogen) atoms. The van der Waals surface area contributed by atoms with Crippen molar-refractivity contribution in [3.8, 4) is 0 Å². The summed E-state index contributed by atoms with van der Waals surface area (Å²) in [6.45, 7) is 44.2. The number of anilines is 8. The number of benzene rings is 6. The van der Waals surface area contributed by atoms with Gasteiger partial charge in [-0.15, -0.1) is 11.3 Å². The Bertz CT molecular complexity index is 3640. The van der Waals surface area contributed by atoms with Crippen molar-refractivity contribution in [3.05, 3.63) is 147 Å². The van der Waals surface area contributed by atoms with Crippen LogP contribution in [0.3, 0.4) is 0 Å². The average Bonchev–Trinajstić information content (AvgIpc) is 4.03. The van der Waals surface area contributed by atoms with Gasteiger partial charge in [-0.2, -0.15) is 0 Å². The van der Waals surface area contributed by atoms with Crippen molar-refractivity contribution in [3.63, 3.8) is 0 Å². The smallest absolute Gasteiger partial charge is 0.264 e. The summed E-state index contributed by atoms with van der Waals surface area (Å²) in [5.74, 6) is 0. The maximum absolute atomic E-state index is 2.89. The zero-order valence-electron chi connectivity index (χ0n) is 50.2. The fraction of sp³-hybridized carbons (Fsp3) is 0.472. The van der Waals surface area contributed by atoms with Gasteiger partial charge in [-0.1, -0.05) is 153 Å². The standard InChI is InChI=1S/C72H86BN3S/c1-43-35-44(2)61-57(36-43)76(72(18)30-20-19-29-71(61,72)17)49-39-58-62-59(40-49)75(47-24-21-45(22-25-47)65(3,4)5)63-50-37-46(66(6,7)8)23-28-60(50)77-64(63)73(62)55-41-53-54(70(15,16)34-33-69(53,13)14)42-56(55)74(58)48-26-27-51-52(38-48)68(11,12)32-31-67(51,9)10/h21-28,35-42H,19-20,29-34H2,1-18H3. The number of thiophene rings is 1. The molecule has 3 aliphatic carbocycles. The molecule has 0 spiro atoms. The highest BCUT2D eigenvalue weighted by Gasteiger charge is 2.59. The molecular formula is C72H86BN3S. The predicted octanol–water partition coefficient (Wildman–Crippen LogP) is 18.6. The average molecular weight is 1040 g/mol. The van der Waals surface area contributed by atoms with Gasteiger partial charge < -0.3 is 14.7 Å². The Morgan fingerprint density at radius 2 is 1.04 bits per heavy atom. The molecule has 1 aromatic heterocycles. The van der Waals surface area contributed by atoms with Crippen LogP contribution in [0.1, 0.15) is 212 Å². The molecule has 1 fully saturated rings. The van der Waals surface area contributed by atoms with Gasteiger partial charge in [0.2, 0.25) is 0 Å². The molecule has 0 N–H and O–H groups in total. The summed E-state index contributed by atoms with van der Waals surface area (Å²) in [5.41, 5.74) is 26.7. The van der Waals surface area contributed by atoms with E-state index >= 15 is 0 Å². The van der Waals surface area contributed by atoms with Crippen molar-refractivity contribution in [1.29, 1.82) is 0 Å². The van der Waals surface area contributed by atoms with Gasteiger partial charge in [-0.05, 0) is 213 Å². The van der Waals surface area contributed by atoms with Gasteiger partial charge in [-0.3, -0.25) is 0 Å². The van der Waals surface area contributed by atoms with E-state index in [1.54, 1.807) is 5.56 Å². The Morgan fingerprint density at radius 1 is 0.481 bits per heavy atom. The molecule has 4 heterocycles. The van der Waals surface area contributed by atoms with Crippen LogP contribution in [-0.2, 0) is 37.9 Å². The molecule has 2 unspecified atom stereocenters. The summed E-state index contributed by atoms with van der Waals surface area (Å²) in [6.07, 6.45) is 9.57. The summed E-state index contributed by atoms with van der Waals surface area (Å²) in [6, 6.07) is 40.7. The summed E-state index contributed by atoms with van der Waals surface area (Å²) in [7, 11) is 0. The number of fused-ring (bicyclic) bond motifs is 11. The fourth-order valence-electron chi connectivity index (χ4n) is 16.3. The first-order valence-electron chi connectivity index (χ1n) is 29.7. The molecular weight excluding hydrogens is 950 g/mol. The molecule has 1 saturated carbocycles. The van der Waals surface area contributed by atoms with Gasteiger partial charge in [-0.25, -0.2) is 0 Å². The number of nitrogens with zero attached hydrogens (tertiary/aromatic N) is 3. The monoisotopic (exact) mass is 1040 g/mol. The Kier molecular flexibility index (Phi) is 10.8. The molecule has 2 atom stereocenters. The molecule has 5 heteroatoms. The van der Waals surface area contributed by atoms with E-state index < -0.39 is 0 Å². The van der Waals surface area contributed by atoms with Gasteiger partial charge >= 0.3 is 0 Å². The van der Waals surface area contributed by atoms with E-state index in [2.05, 4.69) is 236 Å². The molecule has 0 saturated heterocycles. The zero-order valence-corrected chi connectivity index (χ0v) is 51.0. The summed E-state index contributed by atoms with van der Waals surface area (Å²) in [4.78, 5) is 8.43. The van der Waals surface area contributed by atoms with Crippen LogP contribution >= 0.6 is 11.3 Å². The predicted molar refractivity (Wildman–Crippen MR) is 336 cm³/mol. The topological polar surface area (TPSA) is 9.72 Å². The van der Waals surface area contributed by atoms with Gasteiger partial charge in [0.25, 0.3) is 6.71 Å². The summed E-state index contributed by atoms with van der Waals surface area (Å²) in [5, 5.41) is 1.36. The SMILES string of the molecule is Cc1cc(C)c2c(c1)N(c1cc3c4c(c1)N(c1ccc(C(C)(C)C)cc1)c1c(sc5ccc(C(C)(C)C)cc15)B4c1cc4c(cc1N3c1ccc3c(c1)C(C)(C)CCC3(C)C)C(C)(C)CCC4(C)C)C1(C)CCCCC21C. The number of hydrogen-bond donors (Lipinski definition) is 0. The van der Waals surface area contributed by atoms with Crippen LogP contribution in [0.2, 0.25) is 0 Å². The van der Waals surface area contributed by atoms with Crippen molar-refractivity contribution >= 4 is 89.3 Å². The molecule has 6 aromatic carbocycles. The first kappa shape index (κ1) is 51.2. The minimum atomic E-state index is -0.129. The van der Waals surface area contributed by atoms with E-state index in [-0.39, 0.29) is 50.2 Å². The number of hydrogen-bond acceptors (Lipinski definition) is 4. The molecule has 398 valence electrons. The lowest BCUT2D eigenvalue weighted by Gasteiger charge is -2.51. The van der Waals surface area contributed by atoms with Gasteiger partial charge in [0.1, 0.15) is 0 Å². The van der Waals surface area contributed by atoms with E-state index in [9.17, 15) is 0 Å². The van der Waals surface area contributed by atoms with Crippen LogP contribution in [0, 0.1) is 13.8 Å². The van der Waals surface area contributed by atoms with Crippen LogP contribution in [0.15, 0.2) is 97.1 Å². The van der Waals surface area contributed by atoms with Gasteiger partial charge in [0.05, 0.1) is 11.2 Å². The number of aryl methyl sites for hydroxylation is 2. The highest BCUT2D eigenvalue weighted by molar-refractivity contribution is 7.33. The maximum Gasteiger partial charge on any atom is 0.264 e. The van der Waals surface area contributed by atoms with E-state index in [4.69, 9.17) is 0 Å². The van der Waals surface area contributed by atoms with Crippen LogP contribution in [-0.4, -0.2) is 12.3 Å². The largest absolute Gasteiger partial charge is 0.334 e. The van der Waals surface area contributed by atoms with Gasteiger partial charge in [0.15, 0.2) is 0 Å². The van der Waals surface area contributed by atoms with E-state index in [1.807, 2.05) is 11.3 Å². The lowest BCUT2D eigenvalue weighted by Crippen LogP contribution is -2.61. The first-order valence-corrected chi connectivity index (χ1v) is 30.5. The van der Waals surface area contributed by atoms with E-state index in [0.717, 1.165) is 6.42 Å². The highest BCUT2D eigenvalue weighted by atomic mass is 32.1. The third-order valence-electron chi connectivity index (χ3n) is 21.4. The normalized spacial score (nSPS) is 23.2. The number of rotatable bonds is 3. The Morgan fingerprint density at radius 3 is 1.68 bits per heavy atom. The molecule has 7 aromatic rings. The Labute approximate surface area is 468 Å². The molecule has 3 aliphatic heterocycles. The van der Waals surface area contributed by atoms with Crippen molar-refractivity contribution < 1.29 is 0 Å². The van der Waals surface area contributed by atoms with Crippen molar-refractivity contribution in [1.82, 2.24) is 0 Å². The van der Waals surface area contributed by atoms with Gasteiger partial charge in [0, 0.05) is 60.1 Å². The third kappa shape index (κ3) is 7.25. The van der Waals surface area contributed by atoms with Crippen LogP contribution < -0.4 is 30.4 Å². The maximum atomic E-state index is 2.89. The minimum Gasteiger partial charge on any atom is -0.334 e. The lowest BCUT2D eigenvalue weighted by molar-refractivity contribution is 0.194. The van der Waals surface area contributed by atoms with Crippen LogP contribution in [0.25, 0.3) is 10.1 Å². The first-order chi connectivity index (χ1) is 35.9. The fourth-order valence-corrected chi connectivity index (χ4v) is 17.6. The molecule has 0 bridgehead atoms. The second-order valence-corrected chi connectivity index (χ2v) is 31.5. The third-order valence-corrected chi connectivity index (χ3v) is 22.6. The Hall–Kier alpha value is -5.26. The quantitative estimate of drug-likeness (QED) is 0.163. The zero-order chi connectivity index (χ0) is 54.7. The second kappa shape index (κ2) is 16.2. The second-order valence-electron chi connectivity index (χ2n) is 30.4. The molecule has 0 radical (unpaired) electrons. The van der Waals surface area contributed by atoms with Crippen LogP contribution in [0.4, 0.5) is 45.5 Å².